The van der Waals surface area contributed by atoms with Crippen molar-refractivity contribution in [3.8, 4) is 5.75 Å². The van der Waals surface area contributed by atoms with Crippen molar-refractivity contribution in [1.82, 2.24) is 5.32 Å². The number of ketones is 1. The zero-order valence-corrected chi connectivity index (χ0v) is 13.0. The molecule has 1 aromatic heterocycles. The van der Waals surface area contributed by atoms with Crippen LogP contribution in [0.2, 0.25) is 5.02 Å². The number of amides is 1. The average molecular weight is 324 g/mol. The molecule has 0 saturated heterocycles. The van der Waals surface area contributed by atoms with Gasteiger partial charge in [0.1, 0.15) is 5.75 Å². The van der Waals surface area contributed by atoms with Crippen molar-refractivity contribution >= 4 is 34.6 Å². The van der Waals surface area contributed by atoms with Crippen LogP contribution in [0.1, 0.15) is 21.5 Å². The lowest BCUT2D eigenvalue weighted by Gasteiger charge is -2.04. The third-order valence-electron chi connectivity index (χ3n) is 2.61. The van der Waals surface area contributed by atoms with Crippen LogP contribution in [0.3, 0.4) is 0 Å². The summed E-state index contributed by atoms with van der Waals surface area (Å²) in [5.41, 5.74) is 0. The van der Waals surface area contributed by atoms with Gasteiger partial charge in [0, 0.05) is 16.8 Å². The molecular formula is C15H14ClNO3S. The Kier molecular flexibility index (Phi) is 5.36. The molecule has 0 atom stereocenters. The molecule has 6 heteroatoms. The maximum absolute atomic E-state index is 12.0. The van der Waals surface area contributed by atoms with Gasteiger partial charge in [0.2, 0.25) is 11.7 Å². The Bertz CT molecular complexity index is 654. The zero-order valence-electron chi connectivity index (χ0n) is 11.4. The predicted molar refractivity (Wildman–Crippen MR) is 83.1 cm³/mol. The second kappa shape index (κ2) is 7.24. The van der Waals surface area contributed by atoms with Gasteiger partial charge in [-0.1, -0.05) is 17.7 Å². The first-order valence-electron chi connectivity index (χ1n) is 6.29. The van der Waals surface area contributed by atoms with E-state index in [-0.39, 0.29) is 18.3 Å². The third-order valence-corrected chi connectivity index (χ3v) is 3.98. The van der Waals surface area contributed by atoms with Crippen LogP contribution in [0.5, 0.6) is 5.75 Å². The van der Waals surface area contributed by atoms with Crippen molar-refractivity contribution in [2.75, 3.05) is 6.61 Å². The molecule has 0 bridgehead atoms. The Hall–Kier alpha value is -1.85. The standard InChI is InChI=1S/C15H14ClNO3S/c1-10(18)17-8-13-5-6-15(21-13)14(19)9-20-12-4-2-3-11(16)7-12/h2-7H,8-9H2,1H3,(H,17,18). The van der Waals surface area contributed by atoms with Crippen LogP contribution < -0.4 is 10.1 Å². The van der Waals surface area contributed by atoms with E-state index < -0.39 is 0 Å². The van der Waals surface area contributed by atoms with Crippen molar-refractivity contribution in [3.05, 3.63) is 51.2 Å². The van der Waals surface area contributed by atoms with Crippen molar-refractivity contribution in [2.45, 2.75) is 13.5 Å². The highest BCUT2D eigenvalue weighted by atomic mass is 35.5. The van der Waals surface area contributed by atoms with Crippen molar-refractivity contribution in [3.63, 3.8) is 0 Å². The number of rotatable bonds is 6. The van der Waals surface area contributed by atoms with Gasteiger partial charge in [-0.25, -0.2) is 0 Å². The molecule has 0 radical (unpaired) electrons. The van der Waals surface area contributed by atoms with Gasteiger partial charge in [0.05, 0.1) is 11.4 Å². The van der Waals surface area contributed by atoms with E-state index in [1.165, 1.54) is 18.3 Å². The van der Waals surface area contributed by atoms with E-state index in [4.69, 9.17) is 16.3 Å². The first-order valence-corrected chi connectivity index (χ1v) is 7.49. The van der Waals surface area contributed by atoms with E-state index in [0.717, 1.165) is 4.88 Å². The molecule has 0 fully saturated rings. The fraction of sp³-hybridized carbons (Fsp3) is 0.200. The lowest BCUT2D eigenvalue weighted by atomic mass is 10.3. The van der Waals surface area contributed by atoms with Gasteiger partial charge in [0.25, 0.3) is 0 Å². The number of carbonyl (C=O) groups is 2. The molecule has 0 aliphatic carbocycles. The maximum atomic E-state index is 12.0. The van der Waals surface area contributed by atoms with Crippen LogP contribution in [-0.2, 0) is 11.3 Å². The molecule has 21 heavy (non-hydrogen) atoms. The summed E-state index contributed by atoms with van der Waals surface area (Å²) in [5.74, 6) is 0.362. The normalized spacial score (nSPS) is 10.2. The van der Waals surface area contributed by atoms with Crippen LogP contribution in [0.15, 0.2) is 36.4 Å². The molecule has 2 rings (SSSR count). The fourth-order valence-corrected chi connectivity index (χ4v) is 2.66. The molecule has 1 amide bonds. The Morgan fingerprint density at radius 1 is 1.29 bits per heavy atom. The highest BCUT2D eigenvalue weighted by Crippen LogP contribution is 2.19. The highest BCUT2D eigenvalue weighted by Gasteiger charge is 2.10. The van der Waals surface area contributed by atoms with E-state index in [1.807, 2.05) is 6.07 Å². The van der Waals surface area contributed by atoms with Crippen LogP contribution in [-0.4, -0.2) is 18.3 Å². The monoisotopic (exact) mass is 323 g/mol. The molecule has 1 aromatic carbocycles. The Morgan fingerprint density at radius 3 is 2.81 bits per heavy atom. The highest BCUT2D eigenvalue weighted by molar-refractivity contribution is 7.14. The van der Waals surface area contributed by atoms with E-state index in [1.54, 1.807) is 30.3 Å². The molecule has 2 aromatic rings. The molecule has 0 spiro atoms. The van der Waals surface area contributed by atoms with Gasteiger partial charge in [-0.3, -0.25) is 9.59 Å². The first kappa shape index (κ1) is 15.5. The van der Waals surface area contributed by atoms with E-state index >= 15 is 0 Å². The molecule has 0 aliphatic rings. The van der Waals surface area contributed by atoms with Crippen molar-refractivity contribution < 1.29 is 14.3 Å². The summed E-state index contributed by atoms with van der Waals surface area (Å²) < 4.78 is 5.41. The van der Waals surface area contributed by atoms with Gasteiger partial charge in [-0.2, -0.15) is 0 Å². The lowest BCUT2D eigenvalue weighted by Crippen LogP contribution is -2.18. The number of nitrogens with one attached hydrogen (secondary N) is 1. The minimum Gasteiger partial charge on any atom is -0.485 e. The minimum absolute atomic E-state index is 0.0412. The molecule has 110 valence electrons. The number of thiophene rings is 1. The summed E-state index contributed by atoms with van der Waals surface area (Å²) in [6.07, 6.45) is 0. The molecule has 0 saturated carbocycles. The van der Waals surface area contributed by atoms with Crippen LogP contribution >= 0.6 is 22.9 Å². The summed E-state index contributed by atoms with van der Waals surface area (Å²) in [6, 6.07) is 10.5. The third kappa shape index (κ3) is 4.88. The number of ether oxygens (including phenoxy) is 1. The Balaban J connectivity index is 1.90. The molecule has 1 N–H and O–H groups in total. The van der Waals surface area contributed by atoms with Crippen LogP contribution in [0.4, 0.5) is 0 Å². The van der Waals surface area contributed by atoms with Crippen LogP contribution in [0.25, 0.3) is 0 Å². The topological polar surface area (TPSA) is 55.4 Å². The number of hydrogen-bond acceptors (Lipinski definition) is 4. The number of Topliss-reactive ketones (excluding diaryl/α,β-unsaturated/α-hetero) is 1. The molecule has 4 nitrogen and oxygen atoms in total. The maximum Gasteiger partial charge on any atom is 0.217 e. The molecule has 0 aliphatic heterocycles. The summed E-state index contributed by atoms with van der Waals surface area (Å²) in [4.78, 5) is 24.4. The largest absolute Gasteiger partial charge is 0.485 e. The Labute approximate surface area is 131 Å². The first-order chi connectivity index (χ1) is 10.0. The van der Waals surface area contributed by atoms with E-state index in [9.17, 15) is 9.59 Å². The van der Waals surface area contributed by atoms with Crippen molar-refractivity contribution in [1.29, 1.82) is 0 Å². The smallest absolute Gasteiger partial charge is 0.217 e. The predicted octanol–water partition coefficient (Wildman–Crippen LogP) is 3.30. The van der Waals surface area contributed by atoms with Crippen molar-refractivity contribution in [2.24, 2.45) is 0 Å². The lowest BCUT2D eigenvalue weighted by molar-refractivity contribution is -0.119. The summed E-state index contributed by atoms with van der Waals surface area (Å²) in [6.45, 7) is 1.85. The molecule has 1 heterocycles. The quantitative estimate of drug-likeness (QED) is 0.830. The van der Waals surface area contributed by atoms with Gasteiger partial charge < -0.3 is 10.1 Å². The van der Waals surface area contributed by atoms with Gasteiger partial charge in [-0.05, 0) is 30.3 Å². The van der Waals surface area contributed by atoms with E-state index in [2.05, 4.69) is 5.32 Å². The number of benzene rings is 1. The molecular weight excluding hydrogens is 310 g/mol. The number of hydrogen-bond donors (Lipinski definition) is 1. The van der Waals surface area contributed by atoms with Gasteiger partial charge >= 0.3 is 0 Å². The Morgan fingerprint density at radius 2 is 2.10 bits per heavy atom. The summed E-state index contributed by atoms with van der Waals surface area (Å²) in [7, 11) is 0. The summed E-state index contributed by atoms with van der Waals surface area (Å²) >= 11 is 7.19. The fourth-order valence-electron chi connectivity index (χ4n) is 1.61. The van der Waals surface area contributed by atoms with Gasteiger partial charge in [-0.15, -0.1) is 11.3 Å². The summed E-state index contributed by atoms with van der Waals surface area (Å²) in [5, 5.41) is 3.26. The average Bonchev–Trinajstić information content (AvgIpc) is 2.91. The second-order valence-corrected chi connectivity index (χ2v) is 5.95. The minimum atomic E-state index is -0.103. The zero-order chi connectivity index (χ0) is 15.2. The van der Waals surface area contributed by atoms with E-state index in [0.29, 0.717) is 22.2 Å². The second-order valence-electron chi connectivity index (χ2n) is 4.34. The van der Waals surface area contributed by atoms with Crippen LogP contribution in [0, 0.1) is 0 Å². The number of halogens is 1. The van der Waals surface area contributed by atoms with Gasteiger partial charge in [0.15, 0.2) is 6.61 Å². The molecule has 0 unspecified atom stereocenters. The SMILES string of the molecule is CC(=O)NCc1ccc(C(=O)COc2cccc(Cl)c2)s1. The number of carbonyl (C=O) groups excluding carboxylic acids is 2.